The molecule has 0 heteroatoms. The van der Waals surface area contributed by atoms with E-state index >= 15 is 0 Å². The van der Waals surface area contributed by atoms with Crippen molar-refractivity contribution < 1.29 is 0 Å². The Bertz CT molecular complexity index is 2270. The summed E-state index contributed by atoms with van der Waals surface area (Å²) in [6.45, 7) is 0. The number of rotatable bonds is 3. The van der Waals surface area contributed by atoms with Crippen LogP contribution in [0.1, 0.15) is 17.0 Å². The molecule has 2 unspecified atom stereocenters. The topological polar surface area (TPSA) is 0 Å². The Kier molecular flexibility index (Phi) is 5.74. The Balaban J connectivity index is 1.40. The number of benzene rings is 7. The zero-order valence-corrected chi connectivity index (χ0v) is 24.3. The van der Waals surface area contributed by atoms with Gasteiger partial charge in [-0.15, -0.1) is 0 Å². The molecule has 44 heavy (non-hydrogen) atoms. The lowest BCUT2D eigenvalue weighted by Gasteiger charge is -2.30. The van der Waals surface area contributed by atoms with E-state index in [9.17, 15) is 0 Å². The summed E-state index contributed by atoms with van der Waals surface area (Å²) in [4.78, 5) is 0. The molecule has 2 aliphatic rings. The van der Waals surface area contributed by atoms with E-state index in [-0.39, 0.29) is 0 Å². The van der Waals surface area contributed by atoms with Gasteiger partial charge in [0.1, 0.15) is 0 Å². The van der Waals surface area contributed by atoms with E-state index in [1.54, 1.807) is 0 Å². The van der Waals surface area contributed by atoms with E-state index in [1.807, 2.05) is 0 Å². The lowest BCUT2D eigenvalue weighted by atomic mass is 9.74. The van der Waals surface area contributed by atoms with Crippen LogP contribution >= 0.6 is 0 Å². The molecule has 0 aromatic heterocycles. The summed E-state index contributed by atoms with van der Waals surface area (Å²) in [7, 11) is 0. The molecule has 9 rings (SSSR count). The third kappa shape index (κ3) is 3.78. The van der Waals surface area contributed by atoms with Crippen molar-refractivity contribution >= 4 is 38.4 Å². The molecule has 0 saturated heterocycles. The van der Waals surface area contributed by atoms with Crippen molar-refractivity contribution in [2.45, 2.75) is 5.92 Å². The first-order valence-electron chi connectivity index (χ1n) is 15.5. The minimum absolute atomic E-state index is 0.365. The molecular formula is C44H30. The van der Waals surface area contributed by atoms with Crippen LogP contribution in [-0.2, 0) is 0 Å². The Labute approximate surface area is 257 Å². The van der Waals surface area contributed by atoms with Gasteiger partial charge in [0, 0.05) is 11.8 Å². The second-order valence-corrected chi connectivity index (χ2v) is 12.0. The average molecular weight is 559 g/mol. The highest BCUT2D eigenvalue weighted by molar-refractivity contribution is 6.24. The van der Waals surface area contributed by atoms with Crippen molar-refractivity contribution in [2.24, 2.45) is 5.92 Å². The van der Waals surface area contributed by atoms with Gasteiger partial charge in [-0.2, -0.15) is 0 Å². The number of allylic oxidation sites excluding steroid dienone is 5. The van der Waals surface area contributed by atoms with Crippen LogP contribution in [0.3, 0.4) is 0 Å². The summed E-state index contributed by atoms with van der Waals surface area (Å²) in [5, 5.41) is 7.80. The van der Waals surface area contributed by atoms with Crippen LogP contribution in [-0.4, -0.2) is 0 Å². The molecule has 206 valence electrons. The van der Waals surface area contributed by atoms with Gasteiger partial charge < -0.3 is 0 Å². The number of fused-ring (bicyclic) bond motifs is 7. The first kappa shape index (κ1) is 25.1. The Morgan fingerprint density at radius 2 is 0.909 bits per heavy atom. The monoisotopic (exact) mass is 558 g/mol. The maximum Gasteiger partial charge on any atom is 0.0131 e. The maximum absolute atomic E-state index is 2.46. The first-order valence-corrected chi connectivity index (χ1v) is 15.5. The van der Waals surface area contributed by atoms with Crippen LogP contribution in [0, 0.1) is 5.92 Å². The SMILES string of the molecule is C1=CC2C=Cc3cc(-c4c5ccccc5c(-c5ccccc5-c5ccccc5)c5ccccc45)c4ccccc4c3C2C=C1. The summed E-state index contributed by atoms with van der Waals surface area (Å²) < 4.78 is 0. The fourth-order valence-electron chi connectivity index (χ4n) is 7.73. The molecule has 0 aliphatic heterocycles. The summed E-state index contributed by atoms with van der Waals surface area (Å²) in [6, 6.07) is 49.2. The smallest absolute Gasteiger partial charge is 0.0131 e. The van der Waals surface area contributed by atoms with E-state index in [0.29, 0.717) is 11.8 Å². The van der Waals surface area contributed by atoms with E-state index in [0.717, 1.165) is 0 Å². The van der Waals surface area contributed by atoms with Crippen LogP contribution in [0.5, 0.6) is 0 Å². The summed E-state index contributed by atoms with van der Waals surface area (Å²) >= 11 is 0. The number of hydrogen-bond acceptors (Lipinski definition) is 0. The van der Waals surface area contributed by atoms with Gasteiger partial charge in [-0.05, 0) is 82.9 Å². The van der Waals surface area contributed by atoms with Gasteiger partial charge in [0.2, 0.25) is 0 Å². The van der Waals surface area contributed by atoms with E-state index in [1.165, 1.54) is 76.8 Å². The summed E-state index contributed by atoms with van der Waals surface area (Å²) in [5.74, 6) is 0.775. The van der Waals surface area contributed by atoms with Crippen LogP contribution in [0.15, 0.2) is 164 Å². The second kappa shape index (κ2) is 10.1. The molecule has 0 spiro atoms. The van der Waals surface area contributed by atoms with Crippen molar-refractivity contribution in [2.75, 3.05) is 0 Å². The third-order valence-corrected chi connectivity index (χ3v) is 9.61. The molecule has 7 aromatic carbocycles. The molecule has 2 aliphatic carbocycles. The summed E-state index contributed by atoms with van der Waals surface area (Å²) in [5.41, 5.74) is 10.4. The van der Waals surface area contributed by atoms with Crippen molar-refractivity contribution in [1.82, 2.24) is 0 Å². The van der Waals surface area contributed by atoms with E-state index in [4.69, 9.17) is 0 Å². The quantitative estimate of drug-likeness (QED) is 0.189. The molecule has 0 fully saturated rings. The fourth-order valence-corrected chi connectivity index (χ4v) is 7.73. The molecule has 0 bridgehead atoms. The van der Waals surface area contributed by atoms with Crippen molar-refractivity contribution in [3.05, 3.63) is 175 Å². The van der Waals surface area contributed by atoms with Crippen molar-refractivity contribution in [3.63, 3.8) is 0 Å². The second-order valence-electron chi connectivity index (χ2n) is 12.0. The minimum Gasteiger partial charge on any atom is -0.0767 e. The van der Waals surface area contributed by atoms with Gasteiger partial charge in [-0.1, -0.05) is 164 Å². The molecule has 0 saturated carbocycles. The Morgan fingerprint density at radius 3 is 1.59 bits per heavy atom. The van der Waals surface area contributed by atoms with Crippen LogP contribution in [0.4, 0.5) is 0 Å². The lowest BCUT2D eigenvalue weighted by molar-refractivity contribution is 0.697. The van der Waals surface area contributed by atoms with Crippen molar-refractivity contribution in [3.8, 4) is 33.4 Å². The minimum atomic E-state index is 0.365. The maximum atomic E-state index is 2.46. The van der Waals surface area contributed by atoms with Gasteiger partial charge >= 0.3 is 0 Å². The van der Waals surface area contributed by atoms with Gasteiger partial charge in [-0.25, -0.2) is 0 Å². The predicted octanol–water partition coefficient (Wildman–Crippen LogP) is 12.0. The number of hydrogen-bond donors (Lipinski definition) is 0. The largest absolute Gasteiger partial charge is 0.0767 e. The van der Waals surface area contributed by atoms with Crippen LogP contribution in [0.25, 0.3) is 71.8 Å². The Hall–Kier alpha value is -5.46. The van der Waals surface area contributed by atoms with Gasteiger partial charge in [0.25, 0.3) is 0 Å². The zero-order valence-electron chi connectivity index (χ0n) is 24.3. The highest BCUT2D eigenvalue weighted by Gasteiger charge is 2.28. The fraction of sp³-hybridized carbons (Fsp3) is 0.0455. The van der Waals surface area contributed by atoms with E-state index < -0.39 is 0 Å². The predicted molar refractivity (Wildman–Crippen MR) is 189 cm³/mol. The zero-order chi connectivity index (χ0) is 29.0. The molecular weight excluding hydrogens is 528 g/mol. The first-order chi connectivity index (χ1) is 21.9. The molecule has 7 aromatic rings. The molecule has 2 atom stereocenters. The molecule has 0 N–H and O–H groups in total. The lowest BCUT2D eigenvalue weighted by Crippen LogP contribution is -2.14. The molecule has 0 heterocycles. The highest BCUT2D eigenvalue weighted by atomic mass is 14.3. The van der Waals surface area contributed by atoms with Crippen LogP contribution in [0.2, 0.25) is 0 Å². The van der Waals surface area contributed by atoms with Gasteiger partial charge in [0.15, 0.2) is 0 Å². The molecule has 0 radical (unpaired) electrons. The standard InChI is InChI=1S/C44H30/c1-2-14-29(15-3-1)32-17-6-8-20-35(32)43-37-22-10-12-24-39(37)44(40-25-13-11-23-38(40)43)41-28-31-27-26-30-16-4-5-18-33(30)42(31)36-21-9-7-19-34(36)41/h1-28,30,33H. The summed E-state index contributed by atoms with van der Waals surface area (Å²) in [6.07, 6.45) is 13.8. The normalized spacial score (nSPS) is 16.8. The van der Waals surface area contributed by atoms with Gasteiger partial charge in [-0.3, -0.25) is 0 Å². The third-order valence-electron chi connectivity index (χ3n) is 9.61. The molecule has 0 nitrogen and oxygen atoms in total. The van der Waals surface area contributed by atoms with Crippen molar-refractivity contribution in [1.29, 1.82) is 0 Å². The average Bonchev–Trinajstić information content (AvgIpc) is 3.10. The Morgan fingerprint density at radius 1 is 0.386 bits per heavy atom. The van der Waals surface area contributed by atoms with E-state index in [2.05, 4.69) is 170 Å². The highest BCUT2D eigenvalue weighted by Crippen LogP contribution is 2.50. The van der Waals surface area contributed by atoms with Gasteiger partial charge in [0.05, 0.1) is 0 Å². The van der Waals surface area contributed by atoms with Crippen LogP contribution < -0.4 is 0 Å². The molecule has 0 amide bonds.